The molecule has 1 atom stereocenters. The minimum Gasteiger partial charge on any atom is -0.481 e. The van der Waals surface area contributed by atoms with Gasteiger partial charge in [-0.1, -0.05) is 0 Å². The Morgan fingerprint density at radius 1 is 1.25 bits per heavy atom. The molecule has 1 saturated carbocycles. The molecule has 1 aromatic heterocycles. The number of nitrogens with zero attached hydrogens (tertiary/aromatic N) is 3. The lowest BCUT2D eigenvalue weighted by Crippen LogP contribution is -2.25. The summed E-state index contributed by atoms with van der Waals surface area (Å²) in [5.41, 5.74) is 0.109. The van der Waals surface area contributed by atoms with Crippen LogP contribution in [0.3, 0.4) is 0 Å². The molecule has 4 rings (SSSR count). The number of aromatic nitrogens is 2. The van der Waals surface area contributed by atoms with Crippen molar-refractivity contribution in [1.29, 1.82) is 0 Å². The average Bonchev–Trinajstić information content (AvgIpc) is 3.05. The number of hydrogen-bond donors (Lipinski definition) is 1. The third kappa shape index (κ3) is 3.90. The van der Waals surface area contributed by atoms with Crippen molar-refractivity contribution in [2.24, 2.45) is 5.92 Å². The number of halogens is 2. The van der Waals surface area contributed by atoms with Crippen molar-refractivity contribution in [2.45, 2.75) is 38.2 Å². The summed E-state index contributed by atoms with van der Waals surface area (Å²) in [5, 5.41) is 8.91. The first-order chi connectivity index (χ1) is 13.5. The molecule has 6 nitrogen and oxygen atoms in total. The number of benzene rings is 1. The van der Waals surface area contributed by atoms with Crippen LogP contribution in [0.1, 0.15) is 32.1 Å². The predicted octanol–water partition coefficient (Wildman–Crippen LogP) is 3.65. The highest BCUT2D eigenvalue weighted by Gasteiger charge is 2.29. The second kappa shape index (κ2) is 7.69. The number of carboxylic acid groups (broad SMARTS) is 1. The monoisotopic (exact) mass is 389 g/mol. The number of hydrogen-bond acceptors (Lipinski definition) is 5. The highest BCUT2D eigenvalue weighted by atomic mass is 19.1. The van der Waals surface area contributed by atoms with Crippen LogP contribution in [0.4, 0.5) is 14.5 Å². The summed E-state index contributed by atoms with van der Waals surface area (Å²) in [5.74, 6) is -1.83. The lowest BCUT2D eigenvalue weighted by molar-refractivity contribution is -0.137. The molecule has 148 valence electrons. The van der Waals surface area contributed by atoms with Gasteiger partial charge in [-0.3, -0.25) is 4.79 Å². The van der Waals surface area contributed by atoms with Gasteiger partial charge in [0.2, 0.25) is 5.88 Å². The first kappa shape index (κ1) is 18.6. The predicted molar refractivity (Wildman–Crippen MR) is 98.2 cm³/mol. The fourth-order valence-electron chi connectivity index (χ4n) is 3.65. The lowest BCUT2D eigenvalue weighted by Gasteiger charge is -2.25. The maximum Gasteiger partial charge on any atom is 0.303 e. The standard InChI is InChI=1S/C20H21F2N3O3/c21-15-9-13(20-23-6-4-17(24-20)28-14-2-1-3-14)10-16(22)19(15)25-7-5-12(11-25)8-18(26)27/h4,6,9-10,12,14H,1-3,5,7-8,11H2,(H,26,27). The second-order valence-electron chi connectivity index (χ2n) is 7.38. The normalized spacial score (nSPS) is 19.5. The molecule has 2 aliphatic rings. The number of anilines is 1. The molecule has 0 radical (unpaired) electrons. The fourth-order valence-corrected chi connectivity index (χ4v) is 3.65. The van der Waals surface area contributed by atoms with Gasteiger partial charge in [-0.15, -0.1) is 0 Å². The number of ether oxygens (including phenoxy) is 1. The van der Waals surface area contributed by atoms with Gasteiger partial charge in [-0.2, -0.15) is 4.98 Å². The lowest BCUT2D eigenvalue weighted by atomic mass is 9.96. The minimum atomic E-state index is -0.899. The van der Waals surface area contributed by atoms with Crippen molar-refractivity contribution in [3.05, 3.63) is 36.0 Å². The second-order valence-corrected chi connectivity index (χ2v) is 7.38. The van der Waals surface area contributed by atoms with Crippen molar-refractivity contribution in [1.82, 2.24) is 9.97 Å². The van der Waals surface area contributed by atoms with Crippen molar-refractivity contribution >= 4 is 11.7 Å². The summed E-state index contributed by atoms with van der Waals surface area (Å²) in [7, 11) is 0. The largest absolute Gasteiger partial charge is 0.481 e. The van der Waals surface area contributed by atoms with E-state index in [1.165, 1.54) is 18.3 Å². The van der Waals surface area contributed by atoms with Gasteiger partial charge in [-0.25, -0.2) is 13.8 Å². The first-order valence-electron chi connectivity index (χ1n) is 9.45. The Bertz CT molecular complexity index is 866. The quantitative estimate of drug-likeness (QED) is 0.813. The van der Waals surface area contributed by atoms with Gasteiger partial charge < -0.3 is 14.7 Å². The highest BCUT2D eigenvalue weighted by molar-refractivity contribution is 5.67. The van der Waals surface area contributed by atoms with Gasteiger partial charge in [0.05, 0.1) is 0 Å². The van der Waals surface area contributed by atoms with E-state index in [-0.39, 0.29) is 35.5 Å². The maximum absolute atomic E-state index is 14.7. The van der Waals surface area contributed by atoms with Gasteiger partial charge in [0.25, 0.3) is 0 Å². The Hall–Kier alpha value is -2.77. The summed E-state index contributed by atoms with van der Waals surface area (Å²) in [6.45, 7) is 0.743. The van der Waals surface area contributed by atoms with E-state index in [0.717, 1.165) is 19.3 Å². The van der Waals surface area contributed by atoms with Crippen LogP contribution in [0.15, 0.2) is 24.4 Å². The molecule has 1 aliphatic carbocycles. The zero-order valence-corrected chi connectivity index (χ0v) is 15.3. The number of carbonyl (C=O) groups is 1. The summed E-state index contributed by atoms with van der Waals surface area (Å²) >= 11 is 0. The average molecular weight is 389 g/mol. The van der Waals surface area contributed by atoms with E-state index < -0.39 is 17.6 Å². The smallest absolute Gasteiger partial charge is 0.303 e. The number of rotatable bonds is 6. The summed E-state index contributed by atoms with van der Waals surface area (Å²) < 4.78 is 35.2. The molecule has 2 aromatic rings. The van der Waals surface area contributed by atoms with Gasteiger partial charge >= 0.3 is 5.97 Å². The zero-order chi connectivity index (χ0) is 19.7. The van der Waals surface area contributed by atoms with Crippen molar-refractivity contribution < 1.29 is 23.4 Å². The van der Waals surface area contributed by atoms with Gasteiger partial charge in [0, 0.05) is 37.3 Å². The van der Waals surface area contributed by atoms with Crippen molar-refractivity contribution in [2.75, 3.05) is 18.0 Å². The van der Waals surface area contributed by atoms with Crippen LogP contribution in [0.25, 0.3) is 11.4 Å². The molecule has 2 heterocycles. The Labute approximate surface area is 161 Å². The van der Waals surface area contributed by atoms with Crippen molar-refractivity contribution in [3.63, 3.8) is 0 Å². The number of carboxylic acids is 1. The van der Waals surface area contributed by atoms with E-state index in [1.54, 1.807) is 11.0 Å². The van der Waals surface area contributed by atoms with E-state index >= 15 is 0 Å². The Balaban J connectivity index is 1.54. The Morgan fingerprint density at radius 3 is 2.64 bits per heavy atom. The zero-order valence-electron chi connectivity index (χ0n) is 15.3. The first-order valence-corrected chi connectivity index (χ1v) is 9.45. The minimum absolute atomic E-state index is 0.000548. The summed E-state index contributed by atoms with van der Waals surface area (Å²) in [6, 6.07) is 4.06. The molecule has 0 bridgehead atoms. The van der Waals surface area contributed by atoms with Crippen molar-refractivity contribution in [3.8, 4) is 17.3 Å². The molecule has 1 aliphatic heterocycles. The van der Waals surface area contributed by atoms with E-state index in [2.05, 4.69) is 9.97 Å². The Morgan fingerprint density at radius 2 is 2.00 bits per heavy atom. The molecule has 1 N–H and O–H groups in total. The molecule has 0 amide bonds. The van der Waals surface area contributed by atoms with Crippen LogP contribution in [0.2, 0.25) is 0 Å². The fraction of sp³-hybridized carbons (Fsp3) is 0.450. The maximum atomic E-state index is 14.7. The molecule has 0 spiro atoms. The molecule has 1 saturated heterocycles. The molecule has 1 aromatic carbocycles. The topological polar surface area (TPSA) is 75.5 Å². The van der Waals surface area contributed by atoms with Crippen LogP contribution in [-0.4, -0.2) is 40.2 Å². The van der Waals surface area contributed by atoms with E-state index in [9.17, 15) is 13.6 Å². The van der Waals surface area contributed by atoms with Gasteiger partial charge in [0.15, 0.2) is 5.82 Å². The van der Waals surface area contributed by atoms with Gasteiger partial charge in [-0.05, 0) is 43.7 Å². The van der Waals surface area contributed by atoms with E-state index in [1.807, 2.05) is 0 Å². The molecular weight excluding hydrogens is 368 g/mol. The summed E-state index contributed by atoms with van der Waals surface area (Å²) in [4.78, 5) is 20.8. The third-order valence-electron chi connectivity index (χ3n) is 5.31. The van der Waals surface area contributed by atoms with Gasteiger partial charge in [0.1, 0.15) is 23.4 Å². The summed E-state index contributed by atoms with van der Waals surface area (Å²) in [6.07, 6.45) is 5.34. The van der Waals surface area contributed by atoms with Crippen LogP contribution in [-0.2, 0) is 4.79 Å². The highest BCUT2D eigenvalue weighted by Crippen LogP contribution is 2.33. The molecule has 8 heteroatoms. The van der Waals surface area contributed by atoms with Crippen LogP contribution in [0, 0.1) is 17.6 Å². The molecular formula is C20H21F2N3O3. The van der Waals surface area contributed by atoms with Crippen LogP contribution < -0.4 is 9.64 Å². The van der Waals surface area contributed by atoms with E-state index in [4.69, 9.17) is 9.84 Å². The third-order valence-corrected chi connectivity index (χ3v) is 5.31. The Kier molecular flexibility index (Phi) is 5.11. The SMILES string of the molecule is O=C(O)CC1CCN(c2c(F)cc(-c3nccc(OC4CCC4)n3)cc2F)C1. The number of aliphatic carboxylic acids is 1. The molecule has 28 heavy (non-hydrogen) atoms. The van der Waals surface area contributed by atoms with Crippen LogP contribution in [0.5, 0.6) is 5.88 Å². The molecule has 2 fully saturated rings. The van der Waals surface area contributed by atoms with Crippen LogP contribution >= 0.6 is 0 Å². The van der Waals surface area contributed by atoms with E-state index in [0.29, 0.717) is 25.4 Å². The molecule has 1 unspecified atom stereocenters.